The summed E-state index contributed by atoms with van der Waals surface area (Å²) in [6.45, 7) is 3.58. The number of benzene rings is 1. The number of nitrogens with one attached hydrogen (secondary N) is 1. The lowest BCUT2D eigenvalue weighted by atomic mass is 10.1. The molecule has 18 heavy (non-hydrogen) atoms. The van der Waals surface area contributed by atoms with E-state index in [0.29, 0.717) is 5.69 Å². The van der Waals surface area contributed by atoms with E-state index in [1.165, 1.54) is 18.4 Å². The third-order valence-corrected chi connectivity index (χ3v) is 3.54. The van der Waals surface area contributed by atoms with E-state index >= 15 is 0 Å². The van der Waals surface area contributed by atoms with Crippen molar-refractivity contribution in [1.82, 2.24) is 0 Å². The van der Waals surface area contributed by atoms with Crippen LogP contribution in [-0.4, -0.2) is 37.5 Å². The summed E-state index contributed by atoms with van der Waals surface area (Å²) in [6, 6.07) is 4.45. The molecule has 0 radical (unpaired) electrons. The zero-order chi connectivity index (χ0) is 13.9. The first-order valence-electron chi connectivity index (χ1n) is 5.47. The summed E-state index contributed by atoms with van der Waals surface area (Å²) >= 11 is 0. The van der Waals surface area contributed by atoms with Crippen molar-refractivity contribution in [3.8, 4) is 0 Å². The maximum atomic E-state index is 11.2. The molecule has 0 aliphatic heterocycles. The fraction of sp³-hybridized carbons (Fsp3) is 0.417. The zero-order valence-corrected chi connectivity index (χ0v) is 11.4. The molecule has 1 aromatic rings. The highest BCUT2D eigenvalue weighted by Gasteiger charge is 2.12. The molecule has 0 spiro atoms. The molecule has 0 saturated heterocycles. The normalized spacial score (nSPS) is 13.1. The van der Waals surface area contributed by atoms with Gasteiger partial charge >= 0.3 is 5.97 Å². The first kappa shape index (κ1) is 14.5. The fourth-order valence-corrected chi connectivity index (χ4v) is 2.66. The van der Waals surface area contributed by atoms with Gasteiger partial charge in [-0.3, -0.25) is 0 Å². The molecule has 0 aliphatic rings. The van der Waals surface area contributed by atoms with Gasteiger partial charge < -0.3 is 10.4 Å². The molecule has 0 saturated carbocycles. The average Bonchev–Trinajstić information content (AvgIpc) is 2.18. The molecular formula is C12H17NO4S. The number of hydrogen-bond acceptors (Lipinski definition) is 4. The van der Waals surface area contributed by atoms with Crippen molar-refractivity contribution in [3.63, 3.8) is 0 Å². The maximum absolute atomic E-state index is 11.2. The van der Waals surface area contributed by atoms with Gasteiger partial charge in [0.15, 0.2) is 0 Å². The third-order valence-electron chi connectivity index (χ3n) is 2.44. The minimum absolute atomic E-state index is 0.00371. The molecule has 1 aromatic carbocycles. The van der Waals surface area contributed by atoms with E-state index in [-0.39, 0.29) is 17.4 Å². The van der Waals surface area contributed by atoms with Crippen molar-refractivity contribution in [2.75, 3.05) is 17.3 Å². The van der Waals surface area contributed by atoms with Gasteiger partial charge in [0.2, 0.25) is 0 Å². The maximum Gasteiger partial charge on any atom is 0.335 e. The standard InChI is InChI=1S/C12H17NO4S/c1-8-4-5-10(12(14)15)6-11(8)13-9(2)7-18(3,16)17/h4-6,9,13H,7H2,1-3H3,(H,14,15). The van der Waals surface area contributed by atoms with E-state index in [1.54, 1.807) is 13.0 Å². The number of hydrogen-bond donors (Lipinski definition) is 2. The van der Waals surface area contributed by atoms with E-state index in [1.807, 2.05) is 6.92 Å². The van der Waals surface area contributed by atoms with E-state index in [9.17, 15) is 13.2 Å². The van der Waals surface area contributed by atoms with E-state index in [2.05, 4.69) is 5.32 Å². The SMILES string of the molecule is Cc1ccc(C(=O)O)cc1NC(C)CS(C)(=O)=O. The first-order valence-corrected chi connectivity index (χ1v) is 7.53. The topological polar surface area (TPSA) is 83.5 Å². The molecular weight excluding hydrogens is 254 g/mol. The Hall–Kier alpha value is -1.56. The number of sulfone groups is 1. The lowest BCUT2D eigenvalue weighted by molar-refractivity contribution is 0.0697. The summed E-state index contributed by atoms with van der Waals surface area (Å²) in [5, 5.41) is 11.9. The highest BCUT2D eigenvalue weighted by molar-refractivity contribution is 7.90. The molecule has 1 atom stereocenters. The molecule has 1 rings (SSSR count). The van der Waals surface area contributed by atoms with Gasteiger partial charge in [-0.05, 0) is 31.5 Å². The smallest absolute Gasteiger partial charge is 0.335 e. The molecule has 0 amide bonds. The van der Waals surface area contributed by atoms with Crippen molar-refractivity contribution >= 4 is 21.5 Å². The summed E-state index contributed by atoms with van der Waals surface area (Å²) in [5.74, 6) is -1.00. The summed E-state index contributed by atoms with van der Waals surface area (Å²) in [5.41, 5.74) is 1.70. The van der Waals surface area contributed by atoms with Gasteiger partial charge in [0.1, 0.15) is 9.84 Å². The van der Waals surface area contributed by atoms with Crippen LogP contribution in [-0.2, 0) is 9.84 Å². The molecule has 0 aromatic heterocycles. The summed E-state index contributed by atoms with van der Waals surface area (Å²) < 4.78 is 22.3. The van der Waals surface area contributed by atoms with Crippen molar-refractivity contribution < 1.29 is 18.3 Å². The van der Waals surface area contributed by atoms with Gasteiger partial charge in [-0.15, -0.1) is 0 Å². The lowest BCUT2D eigenvalue weighted by Crippen LogP contribution is -2.25. The summed E-state index contributed by atoms with van der Waals surface area (Å²) in [7, 11) is -3.06. The molecule has 0 bridgehead atoms. The van der Waals surface area contributed by atoms with Crippen molar-refractivity contribution in [3.05, 3.63) is 29.3 Å². The van der Waals surface area contributed by atoms with Crippen LogP contribution in [0.1, 0.15) is 22.8 Å². The number of anilines is 1. The number of rotatable bonds is 5. The van der Waals surface area contributed by atoms with Crippen LogP contribution in [0.25, 0.3) is 0 Å². The Bertz CT molecular complexity index is 551. The number of aryl methyl sites for hydroxylation is 1. The van der Waals surface area contributed by atoms with Gasteiger partial charge in [-0.1, -0.05) is 6.07 Å². The Kier molecular flexibility index (Phi) is 4.34. The Labute approximate surface area is 107 Å². The average molecular weight is 271 g/mol. The molecule has 6 heteroatoms. The van der Waals surface area contributed by atoms with Gasteiger partial charge in [-0.25, -0.2) is 13.2 Å². The van der Waals surface area contributed by atoms with E-state index < -0.39 is 15.8 Å². The number of carbonyl (C=O) groups is 1. The second kappa shape index (κ2) is 5.39. The molecule has 0 fully saturated rings. The highest BCUT2D eigenvalue weighted by Crippen LogP contribution is 2.18. The van der Waals surface area contributed by atoms with Gasteiger partial charge in [0, 0.05) is 18.0 Å². The van der Waals surface area contributed by atoms with Crippen molar-refractivity contribution in [2.45, 2.75) is 19.9 Å². The van der Waals surface area contributed by atoms with Crippen LogP contribution in [0.4, 0.5) is 5.69 Å². The second-order valence-corrected chi connectivity index (χ2v) is 6.66. The summed E-state index contributed by atoms with van der Waals surface area (Å²) in [6.07, 6.45) is 1.17. The van der Waals surface area contributed by atoms with Crippen LogP contribution >= 0.6 is 0 Å². The van der Waals surface area contributed by atoms with Crippen LogP contribution in [0.5, 0.6) is 0 Å². The van der Waals surface area contributed by atoms with Crippen LogP contribution < -0.4 is 5.32 Å². The largest absolute Gasteiger partial charge is 0.478 e. The minimum Gasteiger partial charge on any atom is -0.478 e. The Morgan fingerprint density at radius 1 is 1.44 bits per heavy atom. The Balaban J connectivity index is 2.90. The fourth-order valence-electron chi connectivity index (χ4n) is 1.67. The summed E-state index contributed by atoms with van der Waals surface area (Å²) in [4.78, 5) is 10.9. The van der Waals surface area contributed by atoms with Crippen LogP contribution in [0.15, 0.2) is 18.2 Å². The lowest BCUT2D eigenvalue weighted by Gasteiger charge is -2.16. The molecule has 100 valence electrons. The number of aromatic carboxylic acids is 1. The van der Waals surface area contributed by atoms with Gasteiger partial charge in [-0.2, -0.15) is 0 Å². The zero-order valence-electron chi connectivity index (χ0n) is 10.6. The van der Waals surface area contributed by atoms with Crippen LogP contribution in [0.3, 0.4) is 0 Å². The van der Waals surface area contributed by atoms with Crippen LogP contribution in [0, 0.1) is 6.92 Å². The molecule has 0 heterocycles. The number of carboxylic acids is 1. The van der Waals surface area contributed by atoms with Crippen molar-refractivity contribution in [1.29, 1.82) is 0 Å². The van der Waals surface area contributed by atoms with Gasteiger partial charge in [0.05, 0.1) is 11.3 Å². The highest BCUT2D eigenvalue weighted by atomic mass is 32.2. The first-order chi connectivity index (χ1) is 8.19. The quantitative estimate of drug-likeness (QED) is 0.848. The monoisotopic (exact) mass is 271 g/mol. The molecule has 5 nitrogen and oxygen atoms in total. The molecule has 0 aliphatic carbocycles. The Morgan fingerprint density at radius 3 is 2.56 bits per heavy atom. The predicted octanol–water partition coefficient (Wildman–Crippen LogP) is 1.54. The van der Waals surface area contributed by atoms with Crippen molar-refractivity contribution in [2.24, 2.45) is 0 Å². The minimum atomic E-state index is -3.06. The number of carboxylic acid groups (broad SMARTS) is 1. The second-order valence-electron chi connectivity index (χ2n) is 4.47. The predicted molar refractivity (Wildman–Crippen MR) is 70.9 cm³/mol. The van der Waals surface area contributed by atoms with E-state index in [0.717, 1.165) is 5.56 Å². The Morgan fingerprint density at radius 2 is 2.06 bits per heavy atom. The third kappa shape index (κ3) is 4.37. The molecule has 2 N–H and O–H groups in total. The molecule has 1 unspecified atom stereocenters. The van der Waals surface area contributed by atoms with Crippen LogP contribution in [0.2, 0.25) is 0 Å². The van der Waals surface area contributed by atoms with Gasteiger partial charge in [0.25, 0.3) is 0 Å². The van der Waals surface area contributed by atoms with E-state index in [4.69, 9.17) is 5.11 Å².